The molecule has 0 amide bonds. The summed E-state index contributed by atoms with van der Waals surface area (Å²) in [5.74, 6) is 0.437. The number of benzene rings is 1. The van der Waals surface area contributed by atoms with Crippen molar-refractivity contribution in [1.82, 2.24) is 10.3 Å². The highest BCUT2D eigenvalue weighted by Crippen LogP contribution is 2.30. The Morgan fingerprint density at radius 3 is 2.83 bits per heavy atom. The number of carbonyl (C=O) groups is 1. The Hall–Kier alpha value is -1.13. The van der Waals surface area contributed by atoms with Crippen molar-refractivity contribution in [3.63, 3.8) is 0 Å². The first-order valence-electron chi connectivity index (χ1n) is 6.28. The average molecular weight is 307 g/mol. The number of nitrogens with one attached hydrogen (secondary N) is 2. The molecule has 1 fully saturated rings. The molecule has 3 rings (SSSR count). The molecule has 2 N–H and O–H groups in total. The Balaban J connectivity index is 2.01. The highest BCUT2D eigenvalue weighted by molar-refractivity contribution is 9.10. The fraction of sp³-hybridized carbons (Fsp3) is 0.357. The molecule has 18 heavy (non-hydrogen) atoms. The third-order valence-electron chi connectivity index (χ3n) is 3.63. The summed E-state index contributed by atoms with van der Waals surface area (Å²) >= 11 is 3.53. The minimum Gasteiger partial charge on any atom is -0.360 e. The van der Waals surface area contributed by atoms with Crippen LogP contribution in [-0.4, -0.2) is 23.9 Å². The monoisotopic (exact) mass is 306 g/mol. The molecule has 2 aromatic rings. The predicted molar refractivity (Wildman–Crippen MR) is 75.9 cm³/mol. The van der Waals surface area contributed by atoms with Gasteiger partial charge >= 0.3 is 0 Å². The van der Waals surface area contributed by atoms with Gasteiger partial charge < -0.3 is 10.3 Å². The molecule has 0 spiro atoms. The van der Waals surface area contributed by atoms with Crippen LogP contribution in [0.15, 0.2) is 28.9 Å². The van der Waals surface area contributed by atoms with Gasteiger partial charge in [0.15, 0.2) is 5.78 Å². The minimum absolute atomic E-state index is 0.164. The number of fused-ring (bicyclic) bond motifs is 1. The fourth-order valence-electron chi connectivity index (χ4n) is 2.64. The summed E-state index contributed by atoms with van der Waals surface area (Å²) in [5.41, 5.74) is 1.84. The van der Waals surface area contributed by atoms with Crippen LogP contribution in [0.25, 0.3) is 10.9 Å². The van der Waals surface area contributed by atoms with Crippen LogP contribution in [0.5, 0.6) is 0 Å². The van der Waals surface area contributed by atoms with Gasteiger partial charge in [-0.05, 0) is 38.1 Å². The Morgan fingerprint density at radius 1 is 1.28 bits per heavy atom. The third-order valence-corrected chi connectivity index (χ3v) is 4.29. The van der Waals surface area contributed by atoms with Crippen molar-refractivity contribution in [2.75, 3.05) is 13.1 Å². The van der Waals surface area contributed by atoms with E-state index in [9.17, 15) is 4.79 Å². The van der Waals surface area contributed by atoms with Crippen LogP contribution in [0, 0.1) is 5.92 Å². The normalized spacial score (nSPS) is 17.2. The van der Waals surface area contributed by atoms with Crippen LogP contribution >= 0.6 is 15.9 Å². The number of carbonyl (C=O) groups excluding carboxylic acids is 1. The van der Waals surface area contributed by atoms with Gasteiger partial charge in [0.2, 0.25) is 0 Å². The van der Waals surface area contributed by atoms with Crippen molar-refractivity contribution >= 4 is 32.6 Å². The van der Waals surface area contributed by atoms with E-state index in [2.05, 4.69) is 26.2 Å². The number of piperidine rings is 1. The van der Waals surface area contributed by atoms with E-state index >= 15 is 0 Å². The molecule has 1 aromatic heterocycles. The maximum Gasteiger partial charge on any atom is 0.168 e. The summed E-state index contributed by atoms with van der Waals surface area (Å²) in [5, 5.41) is 4.31. The molecule has 4 heteroatoms. The Kier molecular flexibility index (Phi) is 3.22. The Labute approximate surface area is 114 Å². The molecule has 1 aliphatic heterocycles. The van der Waals surface area contributed by atoms with Gasteiger partial charge in [-0.15, -0.1) is 0 Å². The number of halogens is 1. The Morgan fingerprint density at radius 2 is 2.06 bits per heavy atom. The smallest absolute Gasteiger partial charge is 0.168 e. The first-order chi connectivity index (χ1) is 8.77. The van der Waals surface area contributed by atoms with E-state index in [-0.39, 0.29) is 11.7 Å². The number of rotatable bonds is 2. The number of aromatic nitrogens is 1. The molecule has 3 nitrogen and oxygen atoms in total. The SMILES string of the molecule is O=C(c1c[nH]c2cccc(Br)c12)C1CCNCC1. The zero-order valence-electron chi connectivity index (χ0n) is 10.0. The van der Waals surface area contributed by atoms with Gasteiger partial charge in [0.25, 0.3) is 0 Å². The standard InChI is InChI=1S/C14H15BrN2O/c15-11-2-1-3-12-13(11)10(8-17-12)14(18)9-4-6-16-7-5-9/h1-3,8-9,16-17H,4-7H2. The van der Waals surface area contributed by atoms with Gasteiger partial charge in [-0.2, -0.15) is 0 Å². The second-order valence-corrected chi connectivity index (χ2v) is 5.61. The van der Waals surface area contributed by atoms with Gasteiger partial charge in [0, 0.05) is 33.1 Å². The van der Waals surface area contributed by atoms with Crippen LogP contribution in [0.3, 0.4) is 0 Å². The number of aromatic amines is 1. The molecular formula is C14H15BrN2O. The van der Waals surface area contributed by atoms with Crippen LogP contribution in [0.2, 0.25) is 0 Å². The average Bonchev–Trinajstić information content (AvgIpc) is 2.84. The van der Waals surface area contributed by atoms with Crippen molar-refractivity contribution < 1.29 is 4.79 Å². The van der Waals surface area contributed by atoms with Crippen LogP contribution < -0.4 is 5.32 Å². The molecule has 1 aromatic carbocycles. The van der Waals surface area contributed by atoms with Gasteiger partial charge in [-0.25, -0.2) is 0 Å². The van der Waals surface area contributed by atoms with E-state index in [1.54, 1.807) is 0 Å². The summed E-state index contributed by atoms with van der Waals surface area (Å²) in [6, 6.07) is 5.95. The molecule has 0 bridgehead atoms. The number of Topliss-reactive ketones (excluding diaryl/α,β-unsaturated/α-hetero) is 1. The van der Waals surface area contributed by atoms with Crippen molar-refractivity contribution in [2.24, 2.45) is 5.92 Å². The lowest BCUT2D eigenvalue weighted by molar-refractivity contribution is 0.0897. The zero-order chi connectivity index (χ0) is 12.5. The molecule has 0 unspecified atom stereocenters. The maximum absolute atomic E-state index is 12.6. The molecule has 2 heterocycles. The number of H-pyrrole nitrogens is 1. The largest absolute Gasteiger partial charge is 0.360 e. The Bertz CT molecular complexity index is 584. The highest BCUT2D eigenvalue weighted by Gasteiger charge is 2.24. The van der Waals surface area contributed by atoms with E-state index in [0.717, 1.165) is 46.9 Å². The number of ketones is 1. The van der Waals surface area contributed by atoms with Gasteiger partial charge in [0.1, 0.15) is 0 Å². The lowest BCUT2D eigenvalue weighted by atomic mass is 9.89. The topological polar surface area (TPSA) is 44.9 Å². The van der Waals surface area contributed by atoms with Crippen LogP contribution in [0.1, 0.15) is 23.2 Å². The van der Waals surface area contributed by atoms with Crippen LogP contribution in [-0.2, 0) is 0 Å². The molecular weight excluding hydrogens is 292 g/mol. The van der Waals surface area contributed by atoms with E-state index in [1.165, 1.54) is 0 Å². The quantitative estimate of drug-likeness (QED) is 0.837. The number of hydrogen-bond donors (Lipinski definition) is 2. The van der Waals surface area contributed by atoms with Gasteiger partial charge in [0.05, 0.1) is 0 Å². The lowest BCUT2D eigenvalue weighted by Gasteiger charge is -2.21. The fourth-order valence-corrected chi connectivity index (χ4v) is 3.22. The summed E-state index contributed by atoms with van der Waals surface area (Å²) in [6.07, 6.45) is 3.73. The van der Waals surface area contributed by atoms with Gasteiger partial charge in [-0.1, -0.05) is 22.0 Å². The van der Waals surface area contributed by atoms with E-state index < -0.39 is 0 Å². The van der Waals surface area contributed by atoms with Gasteiger partial charge in [-0.3, -0.25) is 4.79 Å². The molecule has 0 saturated carbocycles. The van der Waals surface area contributed by atoms with Crippen molar-refractivity contribution in [1.29, 1.82) is 0 Å². The molecule has 0 radical (unpaired) electrons. The van der Waals surface area contributed by atoms with E-state index in [1.807, 2.05) is 24.4 Å². The second-order valence-electron chi connectivity index (χ2n) is 4.75. The first kappa shape index (κ1) is 11.9. The summed E-state index contributed by atoms with van der Waals surface area (Å²) in [6.45, 7) is 1.89. The third kappa shape index (κ3) is 1.99. The molecule has 0 atom stereocenters. The number of hydrogen-bond acceptors (Lipinski definition) is 2. The summed E-state index contributed by atoms with van der Waals surface area (Å²) in [4.78, 5) is 15.7. The van der Waals surface area contributed by atoms with E-state index in [4.69, 9.17) is 0 Å². The molecule has 0 aliphatic carbocycles. The summed E-state index contributed by atoms with van der Waals surface area (Å²) in [7, 11) is 0. The first-order valence-corrected chi connectivity index (χ1v) is 7.07. The van der Waals surface area contributed by atoms with Crippen molar-refractivity contribution in [2.45, 2.75) is 12.8 Å². The molecule has 1 aliphatic rings. The highest BCUT2D eigenvalue weighted by atomic mass is 79.9. The molecule has 1 saturated heterocycles. The second kappa shape index (κ2) is 4.86. The van der Waals surface area contributed by atoms with Crippen LogP contribution in [0.4, 0.5) is 0 Å². The van der Waals surface area contributed by atoms with E-state index in [0.29, 0.717) is 0 Å². The zero-order valence-corrected chi connectivity index (χ0v) is 11.6. The maximum atomic E-state index is 12.6. The minimum atomic E-state index is 0.164. The summed E-state index contributed by atoms with van der Waals surface area (Å²) < 4.78 is 0.985. The van der Waals surface area contributed by atoms with Crippen molar-refractivity contribution in [3.05, 3.63) is 34.4 Å². The van der Waals surface area contributed by atoms with Crippen molar-refractivity contribution in [3.8, 4) is 0 Å². The predicted octanol–water partition coefficient (Wildman–Crippen LogP) is 3.11. The lowest BCUT2D eigenvalue weighted by Crippen LogP contribution is -2.31. The molecule has 94 valence electrons.